The number of nitrogens with zero attached hydrogens (tertiary/aromatic N) is 3. The van der Waals surface area contributed by atoms with Gasteiger partial charge in [-0.15, -0.1) is 0 Å². The molecular weight excluding hydrogens is 454 g/mol. The van der Waals surface area contributed by atoms with Crippen molar-refractivity contribution in [1.82, 2.24) is 15.5 Å². The number of hydrogen-bond donors (Lipinski definition) is 1. The first-order valence-corrected chi connectivity index (χ1v) is 10.8. The minimum absolute atomic E-state index is 0.148. The van der Waals surface area contributed by atoms with Crippen molar-refractivity contribution in [1.29, 1.82) is 0 Å². The van der Waals surface area contributed by atoms with Crippen LogP contribution in [0, 0.1) is 11.6 Å². The predicted octanol–water partition coefficient (Wildman–Crippen LogP) is 5.73. The minimum Gasteiger partial charge on any atom is -0.497 e. The molecular formula is C26H20F2N4O3. The first kappa shape index (κ1) is 22.3. The summed E-state index contributed by atoms with van der Waals surface area (Å²) < 4.78 is 38.1. The Morgan fingerprint density at radius 1 is 1.00 bits per heavy atom. The van der Waals surface area contributed by atoms with Gasteiger partial charge in [0.1, 0.15) is 17.4 Å². The molecule has 1 N–H and O–H groups in total. The minimum atomic E-state index is -0.682. The molecule has 176 valence electrons. The fourth-order valence-electron chi connectivity index (χ4n) is 4.05. The maximum atomic E-state index is 13.7. The van der Waals surface area contributed by atoms with Crippen molar-refractivity contribution in [2.75, 3.05) is 12.0 Å². The van der Waals surface area contributed by atoms with Gasteiger partial charge in [-0.2, -0.15) is 4.98 Å². The lowest BCUT2D eigenvalue weighted by atomic mass is 9.94. The van der Waals surface area contributed by atoms with Gasteiger partial charge in [0.15, 0.2) is 0 Å². The molecule has 4 aromatic rings. The lowest BCUT2D eigenvalue weighted by Gasteiger charge is -2.35. The number of benzene rings is 3. The first-order valence-electron chi connectivity index (χ1n) is 10.8. The van der Waals surface area contributed by atoms with Crippen LogP contribution in [0.4, 0.5) is 19.3 Å². The van der Waals surface area contributed by atoms with Crippen LogP contribution < -0.4 is 15.0 Å². The molecule has 2 amide bonds. The summed E-state index contributed by atoms with van der Waals surface area (Å²) in [4.78, 5) is 19.2. The number of anilines is 1. The van der Waals surface area contributed by atoms with E-state index >= 15 is 0 Å². The summed E-state index contributed by atoms with van der Waals surface area (Å²) in [7, 11) is 1.56. The highest BCUT2D eigenvalue weighted by molar-refractivity contribution is 6.01. The van der Waals surface area contributed by atoms with E-state index in [1.165, 1.54) is 29.2 Å². The van der Waals surface area contributed by atoms with E-state index in [0.717, 1.165) is 0 Å². The van der Waals surface area contributed by atoms with Gasteiger partial charge < -0.3 is 14.6 Å². The van der Waals surface area contributed by atoms with Crippen LogP contribution in [0.5, 0.6) is 5.75 Å². The van der Waals surface area contributed by atoms with Crippen LogP contribution in [0.3, 0.4) is 0 Å². The number of halogens is 2. The Labute approximate surface area is 199 Å². The molecule has 0 saturated heterocycles. The number of carbonyl (C=O) groups is 1. The molecule has 5 rings (SSSR count). The van der Waals surface area contributed by atoms with E-state index < -0.39 is 17.7 Å². The maximum absolute atomic E-state index is 13.7. The lowest BCUT2D eigenvalue weighted by Crippen LogP contribution is -2.46. The smallest absolute Gasteiger partial charge is 0.326 e. The fourth-order valence-corrected chi connectivity index (χ4v) is 4.05. The number of hydrogen-bond acceptors (Lipinski definition) is 5. The van der Waals surface area contributed by atoms with Crippen molar-refractivity contribution in [2.45, 2.75) is 13.0 Å². The molecule has 1 unspecified atom stereocenters. The topological polar surface area (TPSA) is 80.5 Å². The monoisotopic (exact) mass is 474 g/mol. The largest absolute Gasteiger partial charge is 0.497 e. The van der Waals surface area contributed by atoms with Crippen molar-refractivity contribution in [3.05, 3.63) is 102 Å². The van der Waals surface area contributed by atoms with Crippen LogP contribution in [-0.4, -0.2) is 23.3 Å². The number of aromatic nitrogens is 2. The highest BCUT2D eigenvalue weighted by Crippen LogP contribution is 2.39. The maximum Gasteiger partial charge on any atom is 0.326 e. The van der Waals surface area contributed by atoms with E-state index in [4.69, 9.17) is 9.26 Å². The summed E-state index contributed by atoms with van der Waals surface area (Å²) in [6.45, 7) is 1.76. The highest BCUT2D eigenvalue weighted by atomic mass is 19.1. The number of methoxy groups -OCH3 is 1. The number of rotatable bonds is 5. The molecule has 0 radical (unpaired) electrons. The Bertz CT molecular complexity index is 1420. The molecule has 1 atom stereocenters. The standard InChI is InChI=1S/C26H20F2N4O3/c1-15-22(25-30-24(31-35-25)17-4-3-5-19(28)14-17)23(16-6-8-18(27)9-7-16)29-26(33)32(15)20-10-12-21(34-2)13-11-20/h3-14,23H,1-2H3,(H,29,33). The van der Waals surface area contributed by atoms with E-state index in [1.807, 2.05) is 0 Å². The van der Waals surface area contributed by atoms with Crippen LogP contribution in [0.2, 0.25) is 0 Å². The summed E-state index contributed by atoms with van der Waals surface area (Å²) in [5.74, 6) is 0.169. The highest BCUT2D eigenvalue weighted by Gasteiger charge is 2.36. The molecule has 1 aromatic heterocycles. The molecule has 0 fully saturated rings. The molecule has 9 heteroatoms. The van der Waals surface area contributed by atoms with E-state index in [9.17, 15) is 13.6 Å². The van der Waals surface area contributed by atoms with Crippen LogP contribution >= 0.6 is 0 Å². The SMILES string of the molecule is COc1ccc(N2C(=O)NC(c3ccc(F)cc3)C(c3nc(-c4cccc(F)c4)no3)=C2C)cc1. The second-order valence-corrected chi connectivity index (χ2v) is 7.90. The van der Waals surface area contributed by atoms with E-state index in [2.05, 4.69) is 15.5 Å². The zero-order valence-electron chi connectivity index (χ0n) is 18.8. The van der Waals surface area contributed by atoms with Gasteiger partial charge in [0.05, 0.1) is 24.4 Å². The Kier molecular flexibility index (Phi) is 5.74. The second kappa shape index (κ2) is 9.02. The summed E-state index contributed by atoms with van der Waals surface area (Å²) in [6, 6.07) is 17.6. The summed E-state index contributed by atoms with van der Waals surface area (Å²) in [5, 5.41) is 6.98. The molecule has 0 aliphatic carbocycles. The van der Waals surface area contributed by atoms with E-state index in [0.29, 0.717) is 33.8 Å². The second-order valence-electron chi connectivity index (χ2n) is 7.90. The number of urea groups is 1. The first-order chi connectivity index (χ1) is 16.9. The third kappa shape index (κ3) is 4.23. The molecule has 0 spiro atoms. The third-order valence-electron chi connectivity index (χ3n) is 5.76. The van der Waals surface area contributed by atoms with E-state index in [-0.39, 0.29) is 17.7 Å². The molecule has 1 aliphatic rings. The van der Waals surface area contributed by atoms with Gasteiger partial charge >= 0.3 is 6.03 Å². The molecule has 0 bridgehead atoms. The summed E-state index contributed by atoms with van der Waals surface area (Å²) in [6.07, 6.45) is 0. The third-order valence-corrected chi connectivity index (χ3v) is 5.76. The lowest BCUT2D eigenvalue weighted by molar-refractivity contribution is 0.244. The molecule has 0 saturated carbocycles. The van der Waals surface area contributed by atoms with Crippen molar-refractivity contribution in [2.24, 2.45) is 0 Å². The summed E-state index contributed by atoms with van der Waals surface area (Å²) in [5.41, 5.74) is 2.75. The van der Waals surface area contributed by atoms with Gasteiger partial charge in [-0.05, 0) is 61.0 Å². The van der Waals surface area contributed by atoms with Crippen LogP contribution in [0.15, 0.2) is 83.0 Å². The Morgan fingerprint density at radius 2 is 1.74 bits per heavy atom. The van der Waals surface area contributed by atoms with Crippen LogP contribution in [-0.2, 0) is 0 Å². The van der Waals surface area contributed by atoms with Crippen molar-refractivity contribution in [3.63, 3.8) is 0 Å². The molecule has 1 aliphatic heterocycles. The van der Waals surface area contributed by atoms with Crippen LogP contribution in [0.1, 0.15) is 24.4 Å². The zero-order chi connectivity index (χ0) is 24.5. The molecule has 7 nitrogen and oxygen atoms in total. The van der Waals surface area contributed by atoms with Crippen molar-refractivity contribution in [3.8, 4) is 17.1 Å². The van der Waals surface area contributed by atoms with Gasteiger partial charge in [0.2, 0.25) is 5.82 Å². The summed E-state index contributed by atoms with van der Waals surface area (Å²) >= 11 is 0. The van der Waals surface area contributed by atoms with Gasteiger partial charge in [0, 0.05) is 11.3 Å². The number of amides is 2. The average molecular weight is 474 g/mol. The van der Waals surface area contributed by atoms with Crippen molar-refractivity contribution >= 4 is 17.3 Å². The quantitative estimate of drug-likeness (QED) is 0.400. The molecule has 2 heterocycles. The van der Waals surface area contributed by atoms with Gasteiger partial charge in [-0.25, -0.2) is 13.6 Å². The number of carbonyl (C=O) groups excluding carboxylic acids is 1. The number of nitrogens with one attached hydrogen (secondary N) is 1. The van der Waals surface area contributed by atoms with Gasteiger partial charge in [0.25, 0.3) is 5.89 Å². The average Bonchev–Trinajstić information content (AvgIpc) is 3.34. The predicted molar refractivity (Wildman–Crippen MR) is 125 cm³/mol. The molecule has 35 heavy (non-hydrogen) atoms. The Balaban J connectivity index is 1.64. The number of ether oxygens (including phenoxy) is 1. The Morgan fingerprint density at radius 3 is 2.43 bits per heavy atom. The molecule has 3 aromatic carbocycles. The van der Waals surface area contributed by atoms with E-state index in [1.54, 1.807) is 62.6 Å². The van der Waals surface area contributed by atoms with Crippen LogP contribution in [0.25, 0.3) is 17.0 Å². The fraction of sp³-hybridized carbons (Fsp3) is 0.115. The normalized spacial score (nSPS) is 15.8. The Hall–Kier alpha value is -4.53. The zero-order valence-corrected chi connectivity index (χ0v) is 18.8. The number of allylic oxidation sites excluding steroid dienone is 1. The van der Waals surface area contributed by atoms with Gasteiger partial charge in [-0.3, -0.25) is 4.90 Å². The van der Waals surface area contributed by atoms with Crippen molar-refractivity contribution < 1.29 is 22.8 Å². The van der Waals surface area contributed by atoms with Gasteiger partial charge in [-0.1, -0.05) is 29.4 Å².